The molecule has 0 fully saturated rings. The number of benzene rings is 1. The van der Waals surface area contributed by atoms with Crippen LogP contribution in [0.25, 0.3) is 0 Å². The van der Waals surface area contributed by atoms with E-state index in [-0.39, 0.29) is 30.6 Å². The van der Waals surface area contributed by atoms with Crippen LogP contribution in [0.4, 0.5) is 11.4 Å². The van der Waals surface area contributed by atoms with Gasteiger partial charge in [0.05, 0.1) is 18.5 Å². The number of hydrogen-bond acceptors (Lipinski definition) is 4. The number of ether oxygens (including phenoxy) is 1. The Labute approximate surface area is 137 Å². The van der Waals surface area contributed by atoms with Crippen LogP contribution in [0.15, 0.2) is 18.2 Å². The fraction of sp³-hybridized carbons (Fsp3) is 0.467. The lowest BCUT2D eigenvalue weighted by Gasteiger charge is -2.10. The molecule has 0 unspecified atom stereocenters. The molecule has 1 rings (SSSR count). The highest BCUT2D eigenvalue weighted by atomic mass is 35.5. The lowest BCUT2D eigenvalue weighted by atomic mass is 10.1. The van der Waals surface area contributed by atoms with Gasteiger partial charge in [0.1, 0.15) is 5.75 Å². The summed E-state index contributed by atoms with van der Waals surface area (Å²) in [6.45, 7) is 4.25. The summed E-state index contributed by atoms with van der Waals surface area (Å²) in [7, 11) is 1.54. The molecule has 0 aromatic heterocycles. The number of rotatable bonds is 7. The molecule has 22 heavy (non-hydrogen) atoms. The molecule has 6 nitrogen and oxygen atoms in total. The van der Waals surface area contributed by atoms with Crippen molar-refractivity contribution in [2.24, 2.45) is 5.92 Å². The van der Waals surface area contributed by atoms with Crippen LogP contribution in [0.5, 0.6) is 5.75 Å². The lowest BCUT2D eigenvalue weighted by molar-refractivity contribution is -0.121. The van der Waals surface area contributed by atoms with Gasteiger partial charge >= 0.3 is 0 Å². The molecule has 1 aromatic rings. The highest BCUT2D eigenvalue weighted by molar-refractivity contribution is 5.94. The Morgan fingerprint density at radius 2 is 1.95 bits per heavy atom. The minimum absolute atomic E-state index is 0. The molecule has 0 saturated heterocycles. The van der Waals surface area contributed by atoms with Gasteiger partial charge in [-0.15, -0.1) is 12.4 Å². The first-order valence-corrected chi connectivity index (χ1v) is 6.92. The Bertz CT molecular complexity index is 507. The van der Waals surface area contributed by atoms with Crippen LogP contribution < -0.4 is 21.1 Å². The quantitative estimate of drug-likeness (QED) is 0.668. The van der Waals surface area contributed by atoms with Crippen LogP contribution in [0.1, 0.15) is 26.7 Å². The third kappa shape index (κ3) is 7.17. The first-order valence-electron chi connectivity index (χ1n) is 6.92. The van der Waals surface area contributed by atoms with Crippen molar-refractivity contribution in [1.82, 2.24) is 5.32 Å². The summed E-state index contributed by atoms with van der Waals surface area (Å²) in [5.74, 6) is 0.665. The number of nitrogens with one attached hydrogen (secondary N) is 2. The Morgan fingerprint density at radius 1 is 1.27 bits per heavy atom. The number of nitrogens with two attached hydrogens (primary N) is 1. The summed E-state index contributed by atoms with van der Waals surface area (Å²) >= 11 is 0. The summed E-state index contributed by atoms with van der Waals surface area (Å²) in [4.78, 5) is 23.3. The predicted octanol–water partition coefficient (Wildman–Crippen LogP) is 2.19. The van der Waals surface area contributed by atoms with Gasteiger partial charge in [-0.25, -0.2) is 0 Å². The van der Waals surface area contributed by atoms with E-state index in [1.165, 1.54) is 0 Å². The molecule has 0 aliphatic heterocycles. The Balaban J connectivity index is 0.00000441. The van der Waals surface area contributed by atoms with Gasteiger partial charge in [0, 0.05) is 25.5 Å². The van der Waals surface area contributed by atoms with Gasteiger partial charge in [-0.1, -0.05) is 13.8 Å². The Morgan fingerprint density at radius 3 is 2.55 bits per heavy atom. The number of methoxy groups -OCH3 is 1. The van der Waals surface area contributed by atoms with Crippen LogP contribution in [0, 0.1) is 5.92 Å². The Kier molecular flexibility index (Phi) is 9.01. The zero-order valence-corrected chi connectivity index (χ0v) is 14.0. The molecule has 4 N–H and O–H groups in total. The van der Waals surface area contributed by atoms with Gasteiger partial charge < -0.3 is 21.1 Å². The van der Waals surface area contributed by atoms with Gasteiger partial charge in [0.15, 0.2) is 0 Å². The third-order valence-corrected chi connectivity index (χ3v) is 2.80. The minimum atomic E-state index is -0.209. The van der Waals surface area contributed by atoms with Crippen molar-refractivity contribution in [1.29, 1.82) is 0 Å². The summed E-state index contributed by atoms with van der Waals surface area (Å²) in [5.41, 5.74) is 6.76. The number of nitrogen functional groups attached to an aromatic ring is 1. The van der Waals surface area contributed by atoms with Crippen molar-refractivity contribution in [3.8, 4) is 5.75 Å². The molecule has 0 aliphatic carbocycles. The van der Waals surface area contributed by atoms with E-state index in [9.17, 15) is 9.59 Å². The molecule has 0 saturated carbocycles. The molecule has 2 amide bonds. The van der Waals surface area contributed by atoms with Crippen LogP contribution in [0.3, 0.4) is 0 Å². The second kappa shape index (κ2) is 9.89. The number of carbonyl (C=O) groups excluding carboxylic acids is 2. The van der Waals surface area contributed by atoms with E-state index < -0.39 is 0 Å². The second-order valence-electron chi connectivity index (χ2n) is 5.20. The number of anilines is 2. The van der Waals surface area contributed by atoms with Crippen molar-refractivity contribution in [2.45, 2.75) is 26.7 Å². The molecule has 0 atom stereocenters. The maximum atomic E-state index is 11.8. The van der Waals surface area contributed by atoms with Gasteiger partial charge in [-0.3, -0.25) is 9.59 Å². The van der Waals surface area contributed by atoms with Crippen molar-refractivity contribution in [2.75, 3.05) is 24.7 Å². The molecular weight excluding hydrogens is 306 g/mol. The highest BCUT2D eigenvalue weighted by Crippen LogP contribution is 2.24. The van der Waals surface area contributed by atoms with Crippen LogP contribution >= 0.6 is 12.4 Å². The fourth-order valence-electron chi connectivity index (χ4n) is 1.74. The summed E-state index contributed by atoms with van der Waals surface area (Å²) in [6.07, 6.45) is 0.658. The second-order valence-corrected chi connectivity index (χ2v) is 5.20. The first kappa shape index (κ1) is 20.1. The molecule has 0 heterocycles. The number of hydrogen-bond donors (Lipinski definition) is 3. The van der Waals surface area contributed by atoms with E-state index in [4.69, 9.17) is 10.5 Å². The molecule has 0 spiro atoms. The normalized spacial score (nSPS) is 9.82. The molecular formula is C15H24ClN3O3. The SMILES string of the molecule is COc1ccc(N)c(NC(=O)CCNC(=O)CC(C)C)c1.Cl. The molecule has 1 aromatic carbocycles. The van der Waals surface area contributed by atoms with E-state index in [0.29, 0.717) is 36.0 Å². The first-order chi connectivity index (χ1) is 9.92. The molecule has 0 bridgehead atoms. The largest absolute Gasteiger partial charge is 0.497 e. The average Bonchev–Trinajstić information content (AvgIpc) is 2.40. The topological polar surface area (TPSA) is 93.4 Å². The summed E-state index contributed by atoms with van der Waals surface area (Å²) < 4.78 is 5.08. The third-order valence-electron chi connectivity index (χ3n) is 2.80. The number of carbonyl (C=O) groups is 2. The minimum Gasteiger partial charge on any atom is -0.497 e. The standard InChI is InChI=1S/C15H23N3O3.ClH/c1-10(2)8-15(20)17-7-6-14(19)18-13-9-11(21-3)4-5-12(13)16;/h4-5,9-10H,6-8,16H2,1-3H3,(H,17,20)(H,18,19);1H. The van der Waals surface area contributed by atoms with Gasteiger partial charge in [-0.2, -0.15) is 0 Å². The van der Waals surface area contributed by atoms with Gasteiger partial charge in [0.2, 0.25) is 11.8 Å². The summed E-state index contributed by atoms with van der Waals surface area (Å²) in [5, 5.41) is 5.42. The molecule has 0 radical (unpaired) electrons. The molecule has 124 valence electrons. The highest BCUT2D eigenvalue weighted by Gasteiger charge is 2.08. The van der Waals surface area contributed by atoms with Gasteiger partial charge in [-0.05, 0) is 18.1 Å². The van der Waals surface area contributed by atoms with Crippen molar-refractivity contribution >= 4 is 35.6 Å². The molecule has 0 aliphatic rings. The predicted molar refractivity (Wildman–Crippen MR) is 90.4 cm³/mol. The lowest BCUT2D eigenvalue weighted by Crippen LogP contribution is -2.28. The number of halogens is 1. The van der Waals surface area contributed by atoms with E-state index in [1.54, 1.807) is 25.3 Å². The van der Waals surface area contributed by atoms with E-state index in [2.05, 4.69) is 10.6 Å². The van der Waals surface area contributed by atoms with Gasteiger partial charge in [0.25, 0.3) is 0 Å². The molecule has 7 heteroatoms. The maximum Gasteiger partial charge on any atom is 0.226 e. The average molecular weight is 330 g/mol. The fourth-order valence-corrected chi connectivity index (χ4v) is 1.74. The summed E-state index contributed by atoms with van der Waals surface area (Å²) in [6, 6.07) is 5.04. The van der Waals surface area contributed by atoms with Crippen LogP contribution in [-0.4, -0.2) is 25.5 Å². The smallest absolute Gasteiger partial charge is 0.226 e. The monoisotopic (exact) mass is 329 g/mol. The van der Waals surface area contributed by atoms with E-state index in [0.717, 1.165) is 0 Å². The zero-order valence-electron chi connectivity index (χ0n) is 13.1. The van der Waals surface area contributed by atoms with E-state index >= 15 is 0 Å². The van der Waals surface area contributed by atoms with Crippen molar-refractivity contribution in [3.63, 3.8) is 0 Å². The Hall–Kier alpha value is -1.95. The van der Waals surface area contributed by atoms with Crippen LogP contribution in [0.2, 0.25) is 0 Å². The number of amides is 2. The van der Waals surface area contributed by atoms with Crippen LogP contribution in [-0.2, 0) is 9.59 Å². The van der Waals surface area contributed by atoms with Crippen molar-refractivity contribution < 1.29 is 14.3 Å². The van der Waals surface area contributed by atoms with Crippen molar-refractivity contribution in [3.05, 3.63) is 18.2 Å². The maximum absolute atomic E-state index is 11.8. The van der Waals surface area contributed by atoms with E-state index in [1.807, 2.05) is 13.8 Å². The zero-order chi connectivity index (χ0) is 15.8.